The lowest BCUT2D eigenvalue weighted by molar-refractivity contribution is -0.134. The predicted octanol–water partition coefficient (Wildman–Crippen LogP) is 4.11. The van der Waals surface area contributed by atoms with Crippen molar-refractivity contribution >= 4 is 49.2 Å². The van der Waals surface area contributed by atoms with Crippen LogP contribution in [-0.4, -0.2) is 48.3 Å². The van der Waals surface area contributed by atoms with Gasteiger partial charge < -0.3 is 9.88 Å². The molecule has 148 valence electrons. The van der Waals surface area contributed by atoms with E-state index in [0.29, 0.717) is 18.0 Å². The van der Waals surface area contributed by atoms with E-state index in [9.17, 15) is 13.2 Å². The van der Waals surface area contributed by atoms with Gasteiger partial charge in [-0.05, 0) is 50.1 Å². The maximum absolute atomic E-state index is 13.1. The Kier molecular flexibility index (Phi) is 4.88. The zero-order valence-electron chi connectivity index (χ0n) is 15.9. The van der Waals surface area contributed by atoms with Gasteiger partial charge in [0.05, 0.1) is 17.4 Å². The van der Waals surface area contributed by atoms with E-state index in [0.717, 1.165) is 27.4 Å². The molecule has 2 atom stereocenters. The lowest BCUT2D eigenvalue weighted by atomic mass is 9.97. The highest BCUT2D eigenvalue weighted by molar-refractivity contribution is 7.91. The number of amides is 1. The summed E-state index contributed by atoms with van der Waals surface area (Å²) in [6.07, 6.45) is 0.524. The zero-order valence-corrected chi connectivity index (χ0v) is 17.5. The molecule has 1 N–H and O–H groups in total. The van der Waals surface area contributed by atoms with E-state index < -0.39 is 9.84 Å². The van der Waals surface area contributed by atoms with Crippen molar-refractivity contribution in [2.45, 2.75) is 32.2 Å². The lowest BCUT2D eigenvalue weighted by Crippen LogP contribution is -2.43. The summed E-state index contributed by atoms with van der Waals surface area (Å²) < 4.78 is 23.7. The van der Waals surface area contributed by atoms with Crippen molar-refractivity contribution < 1.29 is 13.2 Å². The SMILES string of the molecule is CCN(C(=O)C(C)c1ccc2c(c1)[nH]c1ccc(Cl)cc12)C1CCS(=O)(=O)C1. The van der Waals surface area contributed by atoms with Gasteiger partial charge in [-0.3, -0.25) is 4.79 Å². The first-order valence-electron chi connectivity index (χ1n) is 9.51. The minimum Gasteiger partial charge on any atom is -0.355 e. The van der Waals surface area contributed by atoms with Gasteiger partial charge in [-0.2, -0.15) is 0 Å². The molecule has 1 saturated heterocycles. The third-order valence-electron chi connectivity index (χ3n) is 5.73. The van der Waals surface area contributed by atoms with Crippen LogP contribution in [0, 0.1) is 0 Å². The van der Waals surface area contributed by atoms with Crippen LogP contribution in [0.25, 0.3) is 21.8 Å². The van der Waals surface area contributed by atoms with Crippen LogP contribution >= 0.6 is 11.6 Å². The molecule has 0 aliphatic carbocycles. The topological polar surface area (TPSA) is 70.2 Å². The smallest absolute Gasteiger partial charge is 0.230 e. The minimum atomic E-state index is -3.03. The number of carbonyl (C=O) groups excluding carboxylic acids is 1. The molecule has 1 aromatic heterocycles. The second kappa shape index (κ2) is 7.08. The molecule has 1 fully saturated rings. The maximum Gasteiger partial charge on any atom is 0.230 e. The highest BCUT2D eigenvalue weighted by Gasteiger charge is 2.35. The molecule has 0 radical (unpaired) electrons. The van der Waals surface area contributed by atoms with Crippen molar-refractivity contribution in [1.29, 1.82) is 0 Å². The minimum absolute atomic E-state index is 0.0249. The van der Waals surface area contributed by atoms with E-state index >= 15 is 0 Å². The van der Waals surface area contributed by atoms with Crippen LogP contribution in [0.1, 0.15) is 31.7 Å². The summed E-state index contributed by atoms with van der Waals surface area (Å²) in [6.45, 7) is 4.30. The molecule has 2 heterocycles. The average Bonchev–Trinajstić information content (AvgIpc) is 3.20. The first kappa shape index (κ1) is 19.3. The van der Waals surface area contributed by atoms with E-state index in [1.165, 1.54) is 0 Å². The number of sulfone groups is 1. The van der Waals surface area contributed by atoms with Crippen LogP contribution in [0.15, 0.2) is 36.4 Å². The van der Waals surface area contributed by atoms with Crippen LogP contribution in [0.5, 0.6) is 0 Å². The summed E-state index contributed by atoms with van der Waals surface area (Å²) in [7, 11) is -3.03. The molecule has 28 heavy (non-hydrogen) atoms. The molecule has 7 heteroatoms. The van der Waals surface area contributed by atoms with Gasteiger partial charge in [-0.25, -0.2) is 8.42 Å². The molecule has 3 aromatic rings. The first-order chi connectivity index (χ1) is 13.3. The van der Waals surface area contributed by atoms with Gasteiger partial charge in [-0.15, -0.1) is 0 Å². The van der Waals surface area contributed by atoms with Crippen molar-refractivity contribution in [2.75, 3.05) is 18.1 Å². The van der Waals surface area contributed by atoms with Crippen LogP contribution in [0.2, 0.25) is 5.02 Å². The summed E-state index contributed by atoms with van der Waals surface area (Å²) in [5.74, 6) is -0.133. The fourth-order valence-corrected chi connectivity index (χ4v) is 6.07. The van der Waals surface area contributed by atoms with E-state index in [1.54, 1.807) is 4.90 Å². The van der Waals surface area contributed by atoms with Crippen molar-refractivity contribution in [3.05, 3.63) is 47.0 Å². The number of rotatable bonds is 4. The molecule has 0 saturated carbocycles. The fraction of sp³-hybridized carbons (Fsp3) is 0.381. The van der Waals surface area contributed by atoms with Gasteiger partial charge in [0, 0.05) is 39.4 Å². The Bertz CT molecular complexity index is 1170. The second-order valence-electron chi connectivity index (χ2n) is 7.52. The highest BCUT2D eigenvalue weighted by atomic mass is 35.5. The summed E-state index contributed by atoms with van der Waals surface area (Å²) in [5, 5.41) is 2.81. The van der Waals surface area contributed by atoms with Crippen molar-refractivity contribution in [3.8, 4) is 0 Å². The normalized spacial score (nSPS) is 19.9. The molecule has 0 spiro atoms. The van der Waals surface area contributed by atoms with Gasteiger partial charge in [0.2, 0.25) is 5.91 Å². The molecule has 1 aliphatic rings. The van der Waals surface area contributed by atoms with Gasteiger partial charge in [0.1, 0.15) is 0 Å². The number of hydrogen-bond donors (Lipinski definition) is 1. The number of fused-ring (bicyclic) bond motifs is 3. The van der Waals surface area contributed by atoms with Crippen molar-refractivity contribution in [2.24, 2.45) is 0 Å². The van der Waals surface area contributed by atoms with E-state index in [2.05, 4.69) is 4.98 Å². The predicted molar refractivity (Wildman–Crippen MR) is 114 cm³/mol. The molecule has 5 nitrogen and oxygen atoms in total. The quantitative estimate of drug-likeness (QED) is 0.693. The lowest BCUT2D eigenvalue weighted by Gasteiger charge is -2.29. The summed E-state index contributed by atoms with van der Waals surface area (Å²) in [5.41, 5.74) is 2.87. The van der Waals surface area contributed by atoms with Crippen LogP contribution < -0.4 is 0 Å². The third-order valence-corrected chi connectivity index (χ3v) is 7.71. The Balaban J connectivity index is 1.64. The van der Waals surface area contributed by atoms with Crippen molar-refractivity contribution in [3.63, 3.8) is 0 Å². The number of nitrogens with zero attached hydrogens (tertiary/aromatic N) is 1. The molecule has 1 amide bonds. The van der Waals surface area contributed by atoms with E-state index in [1.807, 2.05) is 50.2 Å². The van der Waals surface area contributed by atoms with Crippen molar-refractivity contribution in [1.82, 2.24) is 9.88 Å². The standard InChI is InChI=1S/C21H23ClN2O3S/c1-3-24(16-8-9-28(26,27)12-16)21(25)13(2)14-4-6-17-18-11-15(22)5-7-19(18)23-20(17)10-14/h4-7,10-11,13,16,23H,3,8-9,12H2,1-2H3. The number of hydrogen-bond acceptors (Lipinski definition) is 3. The number of halogens is 1. The largest absolute Gasteiger partial charge is 0.355 e. The third kappa shape index (κ3) is 3.40. The molecular weight excluding hydrogens is 396 g/mol. The van der Waals surface area contributed by atoms with Crippen LogP contribution in [0.4, 0.5) is 0 Å². The molecular formula is C21H23ClN2O3S. The van der Waals surface area contributed by atoms with Crippen LogP contribution in [0.3, 0.4) is 0 Å². The zero-order chi connectivity index (χ0) is 20.1. The number of aromatic amines is 1. The Morgan fingerprint density at radius 3 is 2.68 bits per heavy atom. The van der Waals surface area contributed by atoms with Gasteiger partial charge in [0.15, 0.2) is 9.84 Å². The van der Waals surface area contributed by atoms with E-state index in [-0.39, 0.29) is 29.4 Å². The molecule has 4 rings (SSSR count). The van der Waals surface area contributed by atoms with Gasteiger partial charge >= 0.3 is 0 Å². The number of likely N-dealkylation sites (N-methyl/N-ethyl adjacent to an activating group) is 1. The maximum atomic E-state index is 13.1. The Morgan fingerprint density at radius 2 is 2.00 bits per heavy atom. The summed E-state index contributed by atoms with van der Waals surface area (Å²) >= 11 is 6.13. The molecule has 1 aliphatic heterocycles. The number of carbonyl (C=O) groups is 1. The Labute approximate surface area is 169 Å². The summed E-state index contributed by atoms with van der Waals surface area (Å²) in [4.78, 5) is 18.2. The van der Waals surface area contributed by atoms with Crippen LogP contribution in [-0.2, 0) is 14.6 Å². The first-order valence-corrected chi connectivity index (χ1v) is 11.7. The Morgan fingerprint density at radius 1 is 1.21 bits per heavy atom. The number of nitrogens with one attached hydrogen (secondary N) is 1. The number of aromatic nitrogens is 1. The van der Waals surface area contributed by atoms with Gasteiger partial charge in [0.25, 0.3) is 0 Å². The number of H-pyrrole nitrogens is 1. The second-order valence-corrected chi connectivity index (χ2v) is 10.2. The average molecular weight is 419 g/mol. The molecule has 0 bridgehead atoms. The molecule has 2 aromatic carbocycles. The van der Waals surface area contributed by atoms with E-state index in [4.69, 9.17) is 11.6 Å². The summed E-state index contributed by atoms with van der Waals surface area (Å²) in [6, 6.07) is 11.5. The fourth-order valence-electron chi connectivity index (χ4n) is 4.17. The Hall–Kier alpha value is -2.05. The highest BCUT2D eigenvalue weighted by Crippen LogP contribution is 2.31. The van der Waals surface area contributed by atoms with Gasteiger partial charge in [-0.1, -0.05) is 23.7 Å². The monoisotopic (exact) mass is 418 g/mol. The molecule has 2 unspecified atom stereocenters. The number of benzene rings is 2.